The standard InChI is InChI=1S/C33H37N3O3/c1-21-18-25-26(33(4,5)15-14-32(25,2)3)20-22(21)19-24-10-11-29(39-24)30(37)35-16-12-23(13-17-35)36-28-9-7-6-8-27(28)34-31(36)38/h6-12,18,20H,13-17,19H2,1-5H3,(H,34,38). The van der Waals surface area contributed by atoms with E-state index in [1.165, 1.54) is 35.1 Å². The molecular weight excluding hydrogens is 486 g/mol. The summed E-state index contributed by atoms with van der Waals surface area (Å²) in [6, 6.07) is 16.1. The third kappa shape index (κ3) is 4.46. The molecule has 2 aromatic heterocycles. The van der Waals surface area contributed by atoms with Gasteiger partial charge in [0.2, 0.25) is 0 Å². The van der Waals surface area contributed by atoms with E-state index in [9.17, 15) is 9.59 Å². The fourth-order valence-electron chi connectivity index (χ4n) is 6.27. The zero-order valence-corrected chi connectivity index (χ0v) is 23.6. The van der Waals surface area contributed by atoms with Gasteiger partial charge in [0.25, 0.3) is 5.91 Å². The molecule has 0 spiro atoms. The van der Waals surface area contributed by atoms with Crippen molar-refractivity contribution in [2.24, 2.45) is 0 Å². The van der Waals surface area contributed by atoms with Crippen LogP contribution in [0.25, 0.3) is 16.7 Å². The van der Waals surface area contributed by atoms with Crippen molar-refractivity contribution in [3.63, 3.8) is 0 Å². The largest absolute Gasteiger partial charge is 0.456 e. The molecule has 4 aromatic rings. The Morgan fingerprint density at radius 2 is 1.72 bits per heavy atom. The molecule has 0 radical (unpaired) electrons. The molecule has 0 atom stereocenters. The number of aryl methyl sites for hydroxylation is 1. The molecular formula is C33H37N3O3. The molecule has 1 N–H and O–H groups in total. The van der Waals surface area contributed by atoms with Crippen LogP contribution in [0.4, 0.5) is 0 Å². The van der Waals surface area contributed by atoms with Gasteiger partial charge in [0.05, 0.1) is 11.0 Å². The van der Waals surface area contributed by atoms with E-state index in [0.717, 1.165) is 22.5 Å². The van der Waals surface area contributed by atoms with Crippen molar-refractivity contribution >= 4 is 22.6 Å². The first-order chi connectivity index (χ1) is 18.5. The van der Waals surface area contributed by atoms with Crippen LogP contribution >= 0.6 is 0 Å². The van der Waals surface area contributed by atoms with Gasteiger partial charge in [-0.05, 0) is 83.2 Å². The minimum absolute atomic E-state index is 0.118. The van der Waals surface area contributed by atoms with Crippen molar-refractivity contribution in [1.82, 2.24) is 14.5 Å². The highest BCUT2D eigenvalue weighted by Gasteiger charge is 2.37. The van der Waals surface area contributed by atoms with Crippen molar-refractivity contribution in [3.8, 4) is 0 Å². The molecule has 0 fully saturated rings. The molecule has 39 heavy (non-hydrogen) atoms. The SMILES string of the molecule is Cc1cc2c(cc1Cc1ccc(C(=O)N3CC=C(n4c(=O)[nH]c5ccccc54)CC3)o1)C(C)(C)CCC2(C)C. The lowest BCUT2D eigenvalue weighted by atomic mass is 9.62. The lowest BCUT2D eigenvalue weighted by Gasteiger charge is -2.42. The maximum atomic E-state index is 13.3. The molecule has 1 amide bonds. The number of rotatable bonds is 4. The third-order valence-electron chi connectivity index (χ3n) is 8.90. The maximum absolute atomic E-state index is 13.3. The number of aromatic nitrogens is 2. The first-order valence-electron chi connectivity index (χ1n) is 14.0. The van der Waals surface area contributed by atoms with Gasteiger partial charge in [-0.3, -0.25) is 9.36 Å². The summed E-state index contributed by atoms with van der Waals surface area (Å²) in [5.74, 6) is 1.05. The number of carbonyl (C=O) groups is 1. The fraction of sp³-hybridized carbons (Fsp3) is 0.394. The van der Waals surface area contributed by atoms with Crippen molar-refractivity contribution in [2.45, 2.75) is 71.1 Å². The smallest absolute Gasteiger partial charge is 0.330 e. The minimum Gasteiger partial charge on any atom is -0.456 e. The molecule has 2 aromatic carbocycles. The highest BCUT2D eigenvalue weighted by molar-refractivity contribution is 5.92. The molecule has 6 heteroatoms. The number of furan rings is 1. The summed E-state index contributed by atoms with van der Waals surface area (Å²) >= 11 is 0. The van der Waals surface area contributed by atoms with Crippen molar-refractivity contribution in [2.75, 3.05) is 13.1 Å². The van der Waals surface area contributed by atoms with E-state index in [2.05, 4.69) is 51.7 Å². The summed E-state index contributed by atoms with van der Waals surface area (Å²) in [4.78, 5) is 30.5. The zero-order chi connectivity index (χ0) is 27.5. The third-order valence-corrected chi connectivity index (χ3v) is 8.90. The molecule has 3 heterocycles. The van der Waals surface area contributed by atoms with Crippen LogP contribution in [-0.2, 0) is 17.3 Å². The van der Waals surface area contributed by atoms with Gasteiger partial charge in [0.15, 0.2) is 5.76 Å². The fourth-order valence-corrected chi connectivity index (χ4v) is 6.27. The Bertz CT molecular complexity index is 1680. The van der Waals surface area contributed by atoms with Gasteiger partial charge in [-0.1, -0.05) is 52.0 Å². The predicted molar refractivity (Wildman–Crippen MR) is 155 cm³/mol. The molecule has 1 aliphatic heterocycles. The molecule has 0 unspecified atom stereocenters. The molecule has 2 aliphatic rings. The molecule has 1 aliphatic carbocycles. The van der Waals surface area contributed by atoms with E-state index in [1.807, 2.05) is 36.4 Å². The number of fused-ring (bicyclic) bond motifs is 2. The number of imidazole rings is 1. The van der Waals surface area contributed by atoms with Crippen LogP contribution in [0.15, 0.2) is 63.8 Å². The average Bonchev–Trinajstić information content (AvgIpc) is 3.51. The molecule has 0 saturated heterocycles. The average molecular weight is 524 g/mol. The van der Waals surface area contributed by atoms with Crippen LogP contribution in [0.1, 0.15) is 85.5 Å². The van der Waals surface area contributed by atoms with Gasteiger partial charge in [0.1, 0.15) is 5.76 Å². The Hall–Kier alpha value is -3.80. The van der Waals surface area contributed by atoms with Gasteiger partial charge >= 0.3 is 5.69 Å². The Labute approximate surface area is 229 Å². The van der Waals surface area contributed by atoms with Crippen LogP contribution in [0.2, 0.25) is 0 Å². The first kappa shape index (κ1) is 25.5. The second-order valence-electron chi connectivity index (χ2n) is 12.5. The summed E-state index contributed by atoms with van der Waals surface area (Å²) in [5.41, 5.74) is 8.18. The first-order valence-corrected chi connectivity index (χ1v) is 14.0. The zero-order valence-electron chi connectivity index (χ0n) is 23.6. The van der Waals surface area contributed by atoms with Gasteiger partial charge in [0, 0.05) is 31.6 Å². The number of hydrogen-bond donors (Lipinski definition) is 1. The topological polar surface area (TPSA) is 71.2 Å². The monoisotopic (exact) mass is 523 g/mol. The van der Waals surface area contributed by atoms with Crippen molar-refractivity contribution < 1.29 is 9.21 Å². The number of hydrogen-bond acceptors (Lipinski definition) is 3. The predicted octanol–water partition coefficient (Wildman–Crippen LogP) is 6.56. The van der Waals surface area contributed by atoms with E-state index in [0.29, 0.717) is 31.7 Å². The summed E-state index contributed by atoms with van der Waals surface area (Å²) in [6.07, 6.45) is 5.60. The lowest BCUT2D eigenvalue weighted by molar-refractivity contribution is 0.0738. The molecule has 202 valence electrons. The maximum Gasteiger partial charge on any atom is 0.330 e. The van der Waals surface area contributed by atoms with Gasteiger partial charge in [-0.25, -0.2) is 4.79 Å². The van der Waals surface area contributed by atoms with Crippen LogP contribution in [0.3, 0.4) is 0 Å². The number of aromatic amines is 1. The summed E-state index contributed by atoms with van der Waals surface area (Å²) < 4.78 is 7.81. The Morgan fingerprint density at radius 1 is 1.00 bits per heavy atom. The summed E-state index contributed by atoms with van der Waals surface area (Å²) in [7, 11) is 0. The number of nitrogens with zero attached hydrogens (tertiary/aromatic N) is 2. The molecule has 6 nitrogen and oxygen atoms in total. The minimum atomic E-state index is -0.151. The Morgan fingerprint density at radius 3 is 2.44 bits per heavy atom. The highest BCUT2D eigenvalue weighted by Crippen LogP contribution is 2.46. The van der Waals surface area contributed by atoms with Crippen molar-refractivity contribution in [3.05, 3.63) is 98.9 Å². The van der Waals surface area contributed by atoms with E-state index >= 15 is 0 Å². The van der Waals surface area contributed by atoms with Crippen molar-refractivity contribution in [1.29, 1.82) is 0 Å². The number of carbonyl (C=O) groups excluding carboxylic acids is 1. The van der Waals surface area contributed by atoms with Crippen LogP contribution in [0, 0.1) is 6.92 Å². The van der Waals surface area contributed by atoms with E-state index < -0.39 is 0 Å². The van der Waals surface area contributed by atoms with Gasteiger partial charge in [-0.15, -0.1) is 0 Å². The molecule has 6 rings (SSSR count). The van der Waals surface area contributed by atoms with Gasteiger partial charge in [-0.2, -0.15) is 0 Å². The summed E-state index contributed by atoms with van der Waals surface area (Å²) in [6.45, 7) is 12.5. The van der Waals surface area contributed by atoms with Crippen LogP contribution in [-0.4, -0.2) is 33.4 Å². The Balaban J connectivity index is 1.19. The number of benzene rings is 2. The number of para-hydroxylation sites is 2. The number of nitrogens with one attached hydrogen (secondary N) is 1. The molecule has 0 bridgehead atoms. The highest BCUT2D eigenvalue weighted by atomic mass is 16.4. The lowest BCUT2D eigenvalue weighted by Crippen LogP contribution is -2.35. The van der Waals surface area contributed by atoms with E-state index in [4.69, 9.17) is 4.42 Å². The Kier molecular flexibility index (Phi) is 5.97. The second-order valence-corrected chi connectivity index (χ2v) is 12.5. The second kappa shape index (κ2) is 9.15. The van der Waals surface area contributed by atoms with Crippen LogP contribution < -0.4 is 5.69 Å². The molecule has 0 saturated carbocycles. The summed E-state index contributed by atoms with van der Waals surface area (Å²) in [5, 5.41) is 0. The van der Waals surface area contributed by atoms with Gasteiger partial charge < -0.3 is 14.3 Å². The number of H-pyrrole nitrogens is 1. The number of amides is 1. The van der Waals surface area contributed by atoms with E-state index in [1.54, 1.807) is 15.5 Å². The quantitative estimate of drug-likeness (QED) is 0.329. The van der Waals surface area contributed by atoms with E-state index in [-0.39, 0.29) is 22.4 Å². The van der Waals surface area contributed by atoms with Crippen LogP contribution in [0.5, 0.6) is 0 Å². The normalized spacial score (nSPS) is 18.2.